The summed E-state index contributed by atoms with van der Waals surface area (Å²) in [6.45, 7) is 4.31. The number of thiocarbonyl (C=S) groups is 1. The van der Waals surface area contributed by atoms with Crippen LogP contribution in [0.25, 0.3) is 0 Å². The third kappa shape index (κ3) is 3.43. The minimum absolute atomic E-state index is 0.298. The lowest BCUT2D eigenvalue weighted by atomic mass is 9.85. The number of aromatic hydroxyl groups is 1. The van der Waals surface area contributed by atoms with E-state index in [1.807, 2.05) is 31.1 Å². The van der Waals surface area contributed by atoms with Gasteiger partial charge in [0.2, 0.25) is 0 Å². The second-order valence-corrected chi connectivity index (χ2v) is 5.05. The number of benzene rings is 1. The van der Waals surface area contributed by atoms with Gasteiger partial charge >= 0.3 is 0 Å². The molecule has 0 saturated carbocycles. The molecule has 0 radical (unpaired) electrons. The third-order valence-corrected chi connectivity index (χ3v) is 3.91. The van der Waals surface area contributed by atoms with Gasteiger partial charge in [-0.15, -0.1) is 0 Å². The maximum atomic E-state index is 9.54. The molecule has 2 unspecified atom stereocenters. The van der Waals surface area contributed by atoms with Crippen molar-refractivity contribution in [1.29, 1.82) is 0 Å². The second-order valence-electron chi connectivity index (χ2n) is 4.63. The van der Waals surface area contributed by atoms with Crippen LogP contribution in [0, 0.1) is 5.92 Å². The van der Waals surface area contributed by atoms with Crippen LogP contribution in [0.4, 0.5) is 0 Å². The fraction of sp³-hybridized carbons (Fsp3) is 0.500. The van der Waals surface area contributed by atoms with Crippen LogP contribution in [0.5, 0.6) is 5.75 Å². The minimum atomic E-state index is 0.298. The molecule has 0 aromatic heterocycles. The predicted octanol–water partition coefficient (Wildman–Crippen LogP) is 3.41. The Labute approximate surface area is 109 Å². The molecule has 0 bridgehead atoms. The van der Waals surface area contributed by atoms with Crippen LogP contribution in [0.3, 0.4) is 0 Å². The Balaban J connectivity index is 2.95. The summed E-state index contributed by atoms with van der Waals surface area (Å²) in [6, 6.07) is 7.48. The van der Waals surface area contributed by atoms with Crippen molar-refractivity contribution in [3.05, 3.63) is 29.8 Å². The molecule has 2 atom stereocenters. The lowest BCUT2D eigenvalue weighted by Crippen LogP contribution is -2.29. The zero-order valence-corrected chi connectivity index (χ0v) is 11.8. The monoisotopic (exact) mass is 251 g/mol. The molecule has 0 aliphatic carbocycles. The van der Waals surface area contributed by atoms with Gasteiger partial charge in [-0.3, -0.25) is 0 Å². The van der Waals surface area contributed by atoms with Gasteiger partial charge in [-0.05, 0) is 30.0 Å². The smallest absolute Gasteiger partial charge is 0.115 e. The molecule has 3 heteroatoms. The summed E-state index contributed by atoms with van der Waals surface area (Å²) >= 11 is 5.44. The van der Waals surface area contributed by atoms with Gasteiger partial charge in [0.1, 0.15) is 5.75 Å². The minimum Gasteiger partial charge on any atom is -0.508 e. The van der Waals surface area contributed by atoms with Crippen LogP contribution in [0.1, 0.15) is 31.7 Å². The van der Waals surface area contributed by atoms with Gasteiger partial charge in [0.25, 0.3) is 0 Å². The van der Waals surface area contributed by atoms with Crippen LogP contribution >= 0.6 is 12.2 Å². The normalized spacial score (nSPS) is 14.1. The first-order valence-electron chi connectivity index (χ1n) is 5.97. The van der Waals surface area contributed by atoms with E-state index in [0.717, 1.165) is 17.0 Å². The Morgan fingerprint density at radius 3 is 2.53 bits per heavy atom. The number of phenols is 1. The molecule has 0 aliphatic heterocycles. The lowest BCUT2D eigenvalue weighted by Gasteiger charge is -2.27. The second kappa shape index (κ2) is 6.01. The molecule has 1 aromatic carbocycles. The van der Waals surface area contributed by atoms with Crippen molar-refractivity contribution in [1.82, 2.24) is 4.90 Å². The van der Waals surface area contributed by atoms with Crippen molar-refractivity contribution in [2.45, 2.75) is 26.2 Å². The first-order valence-corrected chi connectivity index (χ1v) is 6.38. The van der Waals surface area contributed by atoms with Crippen molar-refractivity contribution in [2.24, 2.45) is 5.92 Å². The van der Waals surface area contributed by atoms with Crippen LogP contribution in [-0.4, -0.2) is 29.1 Å². The Morgan fingerprint density at radius 2 is 2.06 bits per heavy atom. The standard InChI is InChI=1S/C14H21NOS/c1-5-13(10(2)14(17)15(3)4)11-7-6-8-12(16)9-11/h6-10,13,16H,5H2,1-4H3. The number of hydrogen-bond acceptors (Lipinski definition) is 2. The van der Waals surface area contributed by atoms with Gasteiger partial charge in [-0.1, -0.05) is 38.2 Å². The zero-order valence-electron chi connectivity index (χ0n) is 11.0. The molecular weight excluding hydrogens is 230 g/mol. The lowest BCUT2D eigenvalue weighted by molar-refractivity contribution is 0.468. The summed E-state index contributed by atoms with van der Waals surface area (Å²) in [6.07, 6.45) is 1.01. The first-order chi connectivity index (χ1) is 7.97. The maximum absolute atomic E-state index is 9.54. The van der Waals surface area contributed by atoms with Gasteiger partial charge in [0.05, 0.1) is 4.99 Å². The van der Waals surface area contributed by atoms with Gasteiger partial charge in [0.15, 0.2) is 0 Å². The van der Waals surface area contributed by atoms with E-state index in [1.54, 1.807) is 6.07 Å². The van der Waals surface area contributed by atoms with Gasteiger partial charge in [0, 0.05) is 20.0 Å². The van der Waals surface area contributed by atoms with E-state index in [0.29, 0.717) is 17.6 Å². The summed E-state index contributed by atoms with van der Waals surface area (Å²) in [5.41, 5.74) is 1.16. The molecule has 0 fully saturated rings. The SMILES string of the molecule is CCC(c1cccc(O)c1)C(C)C(=S)N(C)C. The Morgan fingerprint density at radius 1 is 1.41 bits per heavy atom. The molecule has 0 amide bonds. The van der Waals surface area contributed by atoms with Gasteiger partial charge < -0.3 is 10.0 Å². The molecule has 0 saturated heterocycles. The highest BCUT2D eigenvalue weighted by Gasteiger charge is 2.22. The summed E-state index contributed by atoms with van der Waals surface area (Å²) < 4.78 is 0. The van der Waals surface area contributed by atoms with Crippen molar-refractivity contribution in [2.75, 3.05) is 14.1 Å². The highest BCUT2D eigenvalue weighted by Crippen LogP contribution is 2.31. The molecule has 17 heavy (non-hydrogen) atoms. The highest BCUT2D eigenvalue weighted by molar-refractivity contribution is 7.80. The molecule has 94 valence electrons. The predicted molar refractivity (Wildman–Crippen MR) is 76.6 cm³/mol. The molecule has 1 aromatic rings. The number of nitrogens with zero attached hydrogens (tertiary/aromatic N) is 1. The van der Waals surface area contributed by atoms with Crippen LogP contribution < -0.4 is 0 Å². The van der Waals surface area contributed by atoms with E-state index in [-0.39, 0.29) is 0 Å². The molecule has 2 nitrogen and oxygen atoms in total. The quantitative estimate of drug-likeness (QED) is 0.830. The third-order valence-electron chi connectivity index (χ3n) is 3.17. The van der Waals surface area contributed by atoms with E-state index in [9.17, 15) is 5.11 Å². The molecule has 1 rings (SSSR count). The summed E-state index contributed by atoms with van der Waals surface area (Å²) in [5, 5.41) is 9.54. The van der Waals surface area contributed by atoms with Crippen LogP contribution in [-0.2, 0) is 0 Å². The van der Waals surface area contributed by atoms with Crippen molar-refractivity contribution < 1.29 is 5.11 Å². The molecule has 1 N–H and O–H groups in total. The summed E-state index contributed by atoms with van der Waals surface area (Å²) in [4.78, 5) is 2.95. The van der Waals surface area contributed by atoms with Crippen molar-refractivity contribution in [3.8, 4) is 5.75 Å². The molecule has 0 spiro atoms. The summed E-state index contributed by atoms with van der Waals surface area (Å²) in [5.74, 6) is 0.979. The Bertz CT molecular complexity index is 390. The zero-order chi connectivity index (χ0) is 13.0. The topological polar surface area (TPSA) is 23.5 Å². The average molecular weight is 251 g/mol. The largest absolute Gasteiger partial charge is 0.508 e. The van der Waals surface area contributed by atoms with Crippen LogP contribution in [0.2, 0.25) is 0 Å². The fourth-order valence-corrected chi connectivity index (χ4v) is 2.38. The van der Waals surface area contributed by atoms with E-state index < -0.39 is 0 Å². The molecular formula is C14H21NOS. The summed E-state index contributed by atoms with van der Waals surface area (Å²) in [7, 11) is 3.96. The number of rotatable bonds is 4. The van der Waals surface area contributed by atoms with Gasteiger partial charge in [-0.25, -0.2) is 0 Å². The van der Waals surface area contributed by atoms with Crippen LogP contribution in [0.15, 0.2) is 24.3 Å². The highest BCUT2D eigenvalue weighted by atomic mass is 32.1. The number of phenolic OH excluding ortho intramolecular Hbond substituents is 1. The van der Waals surface area contributed by atoms with Crippen molar-refractivity contribution in [3.63, 3.8) is 0 Å². The van der Waals surface area contributed by atoms with E-state index in [2.05, 4.69) is 19.9 Å². The fourth-order valence-electron chi connectivity index (χ4n) is 2.21. The first kappa shape index (κ1) is 14.0. The van der Waals surface area contributed by atoms with E-state index >= 15 is 0 Å². The van der Waals surface area contributed by atoms with E-state index in [4.69, 9.17) is 12.2 Å². The van der Waals surface area contributed by atoms with Gasteiger partial charge in [-0.2, -0.15) is 0 Å². The Kier molecular flexibility index (Phi) is 4.94. The average Bonchev–Trinajstić information content (AvgIpc) is 2.28. The molecule has 0 heterocycles. The number of hydrogen-bond donors (Lipinski definition) is 1. The van der Waals surface area contributed by atoms with E-state index in [1.165, 1.54) is 0 Å². The Hall–Kier alpha value is -1.09. The maximum Gasteiger partial charge on any atom is 0.115 e. The van der Waals surface area contributed by atoms with Crippen molar-refractivity contribution >= 4 is 17.2 Å². The molecule has 0 aliphatic rings.